The van der Waals surface area contributed by atoms with E-state index >= 15 is 8.78 Å². The average Bonchev–Trinajstić information content (AvgIpc) is 2.92. The predicted octanol–water partition coefficient (Wildman–Crippen LogP) is 9.24. The van der Waals surface area contributed by atoms with Crippen LogP contribution in [0.5, 0.6) is 5.75 Å². The van der Waals surface area contributed by atoms with Gasteiger partial charge < -0.3 is 4.74 Å². The molecule has 38 heavy (non-hydrogen) atoms. The van der Waals surface area contributed by atoms with Crippen LogP contribution in [0, 0.1) is 41.0 Å². The molecule has 0 amide bonds. The van der Waals surface area contributed by atoms with E-state index < -0.39 is 40.6 Å². The van der Waals surface area contributed by atoms with Crippen molar-refractivity contribution in [2.45, 2.75) is 77.0 Å². The van der Waals surface area contributed by atoms with Gasteiger partial charge in [-0.15, -0.1) is 6.58 Å². The minimum atomic E-state index is -1.33. The van der Waals surface area contributed by atoms with Crippen molar-refractivity contribution in [1.82, 2.24) is 0 Å². The number of allylic oxidation sites excluding steroid dienone is 3. The highest BCUT2D eigenvalue weighted by atomic mass is 19.2. The number of fused-ring (bicyclic) bond motifs is 1. The Morgan fingerprint density at radius 1 is 0.921 bits per heavy atom. The summed E-state index contributed by atoms with van der Waals surface area (Å²) in [5.74, 6) is -5.01. The molecule has 0 aromatic heterocycles. The maximum atomic E-state index is 15.2. The van der Waals surface area contributed by atoms with E-state index in [9.17, 15) is 13.6 Å². The summed E-state index contributed by atoms with van der Waals surface area (Å²) in [7, 11) is 0. The zero-order chi connectivity index (χ0) is 27.2. The van der Waals surface area contributed by atoms with Crippen molar-refractivity contribution in [3.63, 3.8) is 0 Å². The number of aryl methyl sites for hydroxylation is 1. The van der Waals surface area contributed by atoms with Gasteiger partial charge in [0.05, 0.1) is 5.56 Å². The molecule has 0 saturated heterocycles. The molecule has 0 spiro atoms. The molecule has 0 radical (unpaired) electrons. The lowest BCUT2D eigenvalue weighted by molar-refractivity contribution is 0.0720. The largest absolute Gasteiger partial charge is 0.420 e. The molecule has 4 atom stereocenters. The summed E-state index contributed by atoms with van der Waals surface area (Å²) in [6.45, 7) is 5.65. The summed E-state index contributed by atoms with van der Waals surface area (Å²) in [6, 6.07) is 5.09. The first-order valence-corrected chi connectivity index (χ1v) is 13.7. The van der Waals surface area contributed by atoms with Crippen LogP contribution in [0.3, 0.4) is 0 Å². The predicted molar refractivity (Wildman–Crippen MR) is 141 cm³/mol. The van der Waals surface area contributed by atoms with Crippen molar-refractivity contribution in [2.24, 2.45) is 17.8 Å². The van der Waals surface area contributed by atoms with Crippen LogP contribution in [0.25, 0.3) is 0 Å². The average molecular weight is 529 g/mol. The van der Waals surface area contributed by atoms with E-state index in [1.165, 1.54) is 31.0 Å². The van der Waals surface area contributed by atoms with Crippen LogP contribution in [0.4, 0.5) is 17.6 Å². The topological polar surface area (TPSA) is 26.3 Å². The molecule has 2 fully saturated rings. The van der Waals surface area contributed by atoms with Crippen molar-refractivity contribution >= 4 is 5.97 Å². The molecule has 2 aromatic rings. The fourth-order valence-electron chi connectivity index (χ4n) is 6.33. The first-order chi connectivity index (χ1) is 18.3. The van der Waals surface area contributed by atoms with Crippen LogP contribution in [-0.2, 0) is 6.42 Å². The summed E-state index contributed by atoms with van der Waals surface area (Å²) in [5, 5.41) is 0. The van der Waals surface area contributed by atoms with E-state index in [0.29, 0.717) is 18.3 Å². The van der Waals surface area contributed by atoms with E-state index in [4.69, 9.17) is 4.74 Å². The lowest BCUT2D eigenvalue weighted by atomic mass is 9.63. The lowest BCUT2D eigenvalue weighted by Crippen LogP contribution is -2.30. The van der Waals surface area contributed by atoms with Gasteiger partial charge in [-0.1, -0.05) is 36.8 Å². The van der Waals surface area contributed by atoms with E-state index in [0.717, 1.165) is 50.5 Å². The first-order valence-electron chi connectivity index (χ1n) is 13.7. The van der Waals surface area contributed by atoms with Crippen LogP contribution >= 0.6 is 0 Å². The van der Waals surface area contributed by atoms with Gasteiger partial charge in [-0.3, -0.25) is 0 Å². The number of carbonyl (C=O) groups is 1. The van der Waals surface area contributed by atoms with E-state index in [1.54, 1.807) is 0 Å². The van der Waals surface area contributed by atoms with Crippen molar-refractivity contribution in [1.29, 1.82) is 0 Å². The number of hydrogen-bond acceptors (Lipinski definition) is 2. The lowest BCUT2D eigenvalue weighted by Gasteiger charge is -2.42. The van der Waals surface area contributed by atoms with Crippen molar-refractivity contribution in [3.05, 3.63) is 89.0 Å². The molecule has 0 aliphatic heterocycles. The summed E-state index contributed by atoms with van der Waals surface area (Å²) in [6.07, 6.45) is 14.7. The Hall–Kier alpha value is -2.89. The molecule has 0 N–H and O–H groups in total. The summed E-state index contributed by atoms with van der Waals surface area (Å²) in [4.78, 5) is 12.6. The Morgan fingerprint density at radius 2 is 1.68 bits per heavy atom. The molecule has 0 bridgehead atoms. The highest BCUT2D eigenvalue weighted by Gasteiger charge is 2.37. The quantitative estimate of drug-likeness (QED) is 0.140. The van der Waals surface area contributed by atoms with Gasteiger partial charge >= 0.3 is 5.97 Å². The number of rotatable bonds is 9. The summed E-state index contributed by atoms with van der Waals surface area (Å²) < 4.78 is 64.1. The zero-order valence-corrected chi connectivity index (χ0v) is 22.0. The molecule has 0 heterocycles. The van der Waals surface area contributed by atoms with Crippen LogP contribution in [0.1, 0.15) is 92.1 Å². The van der Waals surface area contributed by atoms with Gasteiger partial charge in [0.15, 0.2) is 23.2 Å². The summed E-state index contributed by atoms with van der Waals surface area (Å²) >= 11 is 0. The third-order valence-electron chi connectivity index (χ3n) is 8.42. The highest BCUT2D eigenvalue weighted by molar-refractivity contribution is 5.91. The molecule has 2 aliphatic carbocycles. The fourth-order valence-corrected chi connectivity index (χ4v) is 6.33. The normalized spacial score (nSPS) is 23.3. The number of ether oxygens (including phenoxy) is 1. The Morgan fingerprint density at radius 3 is 2.45 bits per heavy atom. The Balaban J connectivity index is 1.43. The summed E-state index contributed by atoms with van der Waals surface area (Å²) in [5.41, 5.74) is -0.226. The Bertz CT molecular complexity index is 1190. The van der Waals surface area contributed by atoms with Crippen molar-refractivity contribution < 1.29 is 27.1 Å². The van der Waals surface area contributed by atoms with Crippen molar-refractivity contribution in [3.8, 4) is 5.75 Å². The van der Waals surface area contributed by atoms with Crippen LogP contribution in [0.15, 0.2) is 49.1 Å². The minimum absolute atomic E-state index is 0.109. The van der Waals surface area contributed by atoms with E-state index in [-0.39, 0.29) is 23.5 Å². The minimum Gasteiger partial charge on any atom is -0.420 e. The van der Waals surface area contributed by atoms with Gasteiger partial charge in [-0.2, -0.15) is 4.39 Å². The third kappa shape index (κ3) is 6.22. The second-order valence-electron chi connectivity index (χ2n) is 10.8. The fraction of sp³-hybridized carbons (Fsp3) is 0.469. The number of halogens is 4. The van der Waals surface area contributed by atoms with Gasteiger partial charge in [-0.25, -0.2) is 18.0 Å². The number of benzene rings is 2. The molecule has 2 saturated carbocycles. The SMILES string of the molecule is C=CCCC1CCC2CC(c3ccc(C(=O)Oc4ccc(CC/C=C/C)c(F)c4F)c(F)c3F)CCC2C1. The standard InChI is InChI=1S/C32H36F4O2/c1-3-5-7-9-21-14-17-27(31(36)28(21)33)38-32(37)26-16-15-25(29(34)30(26)35)24-13-12-22-18-20(8-6-4-2)10-11-23(22)19-24/h3-5,14-17,20,22-24H,2,6-13,18-19H2,1H3/b5-3+. The number of carbonyl (C=O) groups excluding carboxylic acids is 1. The smallest absolute Gasteiger partial charge is 0.346 e. The molecular formula is C32H36F4O2. The number of esters is 1. The van der Waals surface area contributed by atoms with E-state index in [1.807, 2.05) is 25.2 Å². The molecule has 2 nitrogen and oxygen atoms in total. The molecule has 6 heteroatoms. The highest BCUT2D eigenvalue weighted by Crippen LogP contribution is 2.49. The molecule has 2 aliphatic rings. The van der Waals surface area contributed by atoms with Gasteiger partial charge in [0.2, 0.25) is 5.82 Å². The zero-order valence-electron chi connectivity index (χ0n) is 22.0. The first kappa shape index (κ1) is 28.1. The third-order valence-corrected chi connectivity index (χ3v) is 8.42. The molecule has 4 unspecified atom stereocenters. The second-order valence-corrected chi connectivity index (χ2v) is 10.8. The molecule has 2 aromatic carbocycles. The maximum absolute atomic E-state index is 15.2. The van der Waals surface area contributed by atoms with E-state index in [2.05, 4.69) is 6.58 Å². The van der Waals surface area contributed by atoms with Crippen LogP contribution < -0.4 is 4.74 Å². The Labute approximate surface area is 222 Å². The van der Waals surface area contributed by atoms with Gasteiger partial charge in [0.25, 0.3) is 0 Å². The molecular weight excluding hydrogens is 492 g/mol. The molecule has 4 rings (SSSR count). The second kappa shape index (κ2) is 12.8. The maximum Gasteiger partial charge on any atom is 0.346 e. The molecule has 204 valence electrons. The Kier molecular flexibility index (Phi) is 9.45. The van der Waals surface area contributed by atoms with Gasteiger partial charge in [0.1, 0.15) is 0 Å². The van der Waals surface area contributed by atoms with Crippen LogP contribution in [-0.4, -0.2) is 5.97 Å². The van der Waals surface area contributed by atoms with Gasteiger partial charge in [0, 0.05) is 0 Å². The monoisotopic (exact) mass is 528 g/mol. The van der Waals surface area contributed by atoms with Crippen LogP contribution in [0.2, 0.25) is 0 Å². The number of hydrogen-bond donors (Lipinski definition) is 0. The van der Waals surface area contributed by atoms with Gasteiger partial charge in [-0.05, 0) is 112 Å². The van der Waals surface area contributed by atoms with Crippen molar-refractivity contribution in [2.75, 3.05) is 0 Å².